The van der Waals surface area contributed by atoms with Gasteiger partial charge in [-0.3, -0.25) is 4.79 Å². The molecule has 0 saturated heterocycles. The topological polar surface area (TPSA) is 69.1 Å². The number of rotatable bonds is 3. The molecule has 2 rings (SSSR count). The second kappa shape index (κ2) is 4.75. The number of amides is 1. The molecule has 100 valence electrons. The van der Waals surface area contributed by atoms with E-state index in [2.05, 4.69) is 9.68 Å². The van der Waals surface area contributed by atoms with Gasteiger partial charge in [-0.1, -0.05) is 23.4 Å². The first-order chi connectivity index (χ1) is 8.88. The van der Waals surface area contributed by atoms with Crippen LogP contribution in [0, 0.1) is 0 Å². The monoisotopic (exact) mass is 270 g/mol. The number of carbonyl (C=O) groups excluding carboxylic acids is 1. The van der Waals surface area contributed by atoms with E-state index in [0.29, 0.717) is 11.1 Å². The van der Waals surface area contributed by atoms with Gasteiger partial charge in [-0.15, -0.1) is 0 Å². The number of hydrogen-bond donors (Lipinski definition) is 1. The van der Waals surface area contributed by atoms with Gasteiger partial charge in [-0.05, 0) is 11.6 Å². The van der Waals surface area contributed by atoms with E-state index in [4.69, 9.17) is 5.73 Å². The number of halogens is 3. The molecule has 0 aliphatic rings. The van der Waals surface area contributed by atoms with Crippen LogP contribution in [0.15, 0.2) is 35.1 Å². The van der Waals surface area contributed by atoms with Crippen LogP contribution in [0.2, 0.25) is 0 Å². The average molecular weight is 270 g/mol. The summed E-state index contributed by atoms with van der Waals surface area (Å²) in [6.07, 6.45) is -3.12. The van der Waals surface area contributed by atoms with E-state index in [9.17, 15) is 18.0 Å². The number of alkyl halides is 3. The van der Waals surface area contributed by atoms with Crippen LogP contribution in [0.5, 0.6) is 0 Å². The maximum atomic E-state index is 12.5. The van der Waals surface area contributed by atoms with Crippen molar-refractivity contribution < 1.29 is 22.5 Å². The molecule has 1 aromatic heterocycles. The number of benzene rings is 1. The molecule has 0 atom stereocenters. The molecule has 0 saturated carbocycles. The minimum atomic E-state index is -4.41. The summed E-state index contributed by atoms with van der Waals surface area (Å²) >= 11 is 0. The van der Waals surface area contributed by atoms with Gasteiger partial charge in [0, 0.05) is 12.0 Å². The van der Waals surface area contributed by atoms with Gasteiger partial charge < -0.3 is 10.3 Å². The van der Waals surface area contributed by atoms with Gasteiger partial charge in [0.25, 0.3) is 5.91 Å². The predicted octanol–water partition coefficient (Wildman–Crippen LogP) is 2.38. The SMILES string of the molecule is NC(=O)c1nocc1Cc1cccc(C(F)(F)F)c1. The summed E-state index contributed by atoms with van der Waals surface area (Å²) in [5.41, 5.74) is 4.99. The quantitative estimate of drug-likeness (QED) is 0.930. The largest absolute Gasteiger partial charge is 0.416 e. The molecule has 1 heterocycles. The maximum Gasteiger partial charge on any atom is 0.416 e. The summed E-state index contributed by atoms with van der Waals surface area (Å²) in [5.74, 6) is -0.782. The predicted molar refractivity (Wildman–Crippen MR) is 59.3 cm³/mol. The van der Waals surface area contributed by atoms with E-state index in [1.807, 2.05) is 0 Å². The Morgan fingerprint density at radius 2 is 2.11 bits per heavy atom. The van der Waals surface area contributed by atoms with Gasteiger partial charge >= 0.3 is 6.18 Å². The number of nitrogens with two attached hydrogens (primary N) is 1. The number of primary amides is 1. The Bertz CT molecular complexity index is 605. The lowest BCUT2D eigenvalue weighted by molar-refractivity contribution is -0.137. The zero-order valence-electron chi connectivity index (χ0n) is 9.57. The molecule has 0 aliphatic carbocycles. The molecule has 4 nitrogen and oxygen atoms in total. The van der Waals surface area contributed by atoms with E-state index in [1.54, 1.807) is 0 Å². The molecule has 0 unspecified atom stereocenters. The molecule has 0 radical (unpaired) electrons. The second-order valence-corrected chi connectivity index (χ2v) is 3.93. The molecule has 0 bridgehead atoms. The fourth-order valence-corrected chi connectivity index (χ4v) is 1.66. The number of hydrogen-bond acceptors (Lipinski definition) is 3. The van der Waals surface area contributed by atoms with Gasteiger partial charge in [0.2, 0.25) is 0 Å². The highest BCUT2D eigenvalue weighted by Gasteiger charge is 2.30. The first-order valence-corrected chi connectivity index (χ1v) is 5.27. The Kier molecular flexibility index (Phi) is 3.28. The molecule has 2 aromatic rings. The van der Waals surface area contributed by atoms with Crippen LogP contribution in [0.4, 0.5) is 13.2 Å². The van der Waals surface area contributed by atoms with Crippen LogP contribution in [-0.4, -0.2) is 11.1 Å². The lowest BCUT2D eigenvalue weighted by Crippen LogP contribution is -2.13. The van der Waals surface area contributed by atoms with Gasteiger partial charge in [0.15, 0.2) is 5.69 Å². The van der Waals surface area contributed by atoms with Crippen LogP contribution >= 0.6 is 0 Å². The van der Waals surface area contributed by atoms with Gasteiger partial charge in [0.1, 0.15) is 6.26 Å². The summed E-state index contributed by atoms with van der Waals surface area (Å²) in [6, 6.07) is 4.81. The number of aromatic nitrogens is 1. The van der Waals surface area contributed by atoms with Crippen molar-refractivity contribution in [3.63, 3.8) is 0 Å². The minimum absolute atomic E-state index is 0.0718. The first-order valence-electron chi connectivity index (χ1n) is 5.27. The highest BCUT2D eigenvalue weighted by atomic mass is 19.4. The Hall–Kier alpha value is -2.31. The highest BCUT2D eigenvalue weighted by molar-refractivity contribution is 5.92. The van der Waals surface area contributed by atoms with Crippen LogP contribution in [0.3, 0.4) is 0 Å². The number of nitrogens with zero attached hydrogens (tertiary/aromatic N) is 1. The summed E-state index contributed by atoms with van der Waals surface area (Å²) in [4.78, 5) is 11.0. The van der Waals surface area contributed by atoms with Crippen molar-refractivity contribution in [3.8, 4) is 0 Å². The molecule has 2 N–H and O–H groups in total. The maximum absolute atomic E-state index is 12.5. The highest BCUT2D eigenvalue weighted by Crippen LogP contribution is 2.30. The molecule has 0 aliphatic heterocycles. The zero-order valence-corrected chi connectivity index (χ0v) is 9.57. The molecular weight excluding hydrogens is 261 g/mol. The minimum Gasteiger partial charge on any atom is -0.364 e. The molecular formula is C12H9F3N2O2. The van der Waals surface area contributed by atoms with Crippen molar-refractivity contribution in [2.24, 2.45) is 5.73 Å². The van der Waals surface area contributed by atoms with E-state index < -0.39 is 17.6 Å². The van der Waals surface area contributed by atoms with Crippen LogP contribution in [-0.2, 0) is 12.6 Å². The van der Waals surface area contributed by atoms with Crippen LogP contribution < -0.4 is 5.73 Å². The molecule has 0 fully saturated rings. The molecule has 19 heavy (non-hydrogen) atoms. The Labute approximate surface area is 106 Å². The molecule has 7 heteroatoms. The molecule has 1 aromatic carbocycles. The third-order valence-electron chi connectivity index (χ3n) is 2.53. The van der Waals surface area contributed by atoms with Gasteiger partial charge in [-0.2, -0.15) is 13.2 Å². The third kappa shape index (κ3) is 2.93. The molecule has 0 spiro atoms. The van der Waals surface area contributed by atoms with Crippen LogP contribution in [0.25, 0.3) is 0 Å². The summed E-state index contributed by atoms with van der Waals surface area (Å²) in [7, 11) is 0. The standard InChI is InChI=1S/C12H9F3N2O2/c13-12(14,15)9-3-1-2-7(5-9)4-8-6-19-17-10(8)11(16)18/h1-3,5-6H,4H2,(H2,16,18). The number of carbonyl (C=O) groups is 1. The smallest absolute Gasteiger partial charge is 0.364 e. The Morgan fingerprint density at radius 1 is 1.37 bits per heavy atom. The van der Waals surface area contributed by atoms with Crippen molar-refractivity contribution >= 4 is 5.91 Å². The fraction of sp³-hybridized carbons (Fsp3) is 0.167. The first kappa shape index (κ1) is 13.1. The van der Waals surface area contributed by atoms with E-state index in [1.165, 1.54) is 18.4 Å². The van der Waals surface area contributed by atoms with E-state index in [0.717, 1.165) is 12.1 Å². The summed E-state index contributed by atoms with van der Waals surface area (Å²) in [5, 5.41) is 3.41. The van der Waals surface area contributed by atoms with Crippen molar-refractivity contribution in [2.75, 3.05) is 0 Å². The Balaban J connectivity index is 2.29. The normalized spacial score (nSPS) is 11.5. The van der Waals surface area contributed by atoms with E-state index >= 15 is 0 Å². The van der Waals surface area contributed by atoms with Gasteiger partial charge in [-0.25, -0.2) is 0 Å². The third-order valence-corrected chi connectivity index (χ3v) is 2.53. The summed E-state index contributed by atoms with van der Waals surface area (Å²) < 4.78 is 42.3. The fourth-order valence-electron chi connectivity index (χ4n) is 1.66. The Morgan fingerprint density at radius 3 is 2.74 bits per heavy atom. The van der Waals surface area contributed by atoms with Crippen molar-refractivity contribution in [2.45, 2.75) is 12.6 Å². The van der Waals surface area contributed by atoms with Crippen molar-refractivity contribution in [1.82, 2.24) is 5.16 Å². The lowest BCUT2D eigenvalue weighted by Gasteiger charge is -2.08. The van der Waals surface area contributed by atoms with Crippen LogP contribution in [0.1, 0.15) is 27.2 Å². The second-order valence-electron chi connectivity index (χ2n) is 3.93. The average Bonchev–Trinajstić information content (AvgIpc) is 2.76. The van der Waals surface area contributed by atoms with E-state index in [-0.39, 0.29) is 12.1 Å². The van der Waals surface area contributed by atoms with Crippen molar-refractivity contribution in [1.29, 1.82) is 0 Å². The van der Waals surface area contributed by atoms with Gasteiger partial charge in [0.05, 0.1) is 5.56 Å². The summed E-state index contributed by atoms with van der Waals surface area (Å²) in [6.45, 7) is 0. The lowest BCUT2D eigenvalue weighted by atomic mass is 10.0. The molecule has 1 amide bonds. The zero-order chi connectivity index (χ0) is 14.0. The van der Waals surface area contributed by atoms with Crippen molar-refractivity contribution in [3.05, 3.63) is 52.9 Å².